The van der Waals surface area contributed by atoms with Crippen molar-refractivity contribution in [1.29, 1.82) is 5.26 Å². The molecule has 1 fully saturated rings. The molecular formula is C10H19N3. The van der Waals surface area contributed by atoms with E-state index in [-0.39, 0.29) is 5.92 Å². The molecule has 0 aliphatic carbocycles. The monoisotopic (exact) mass is 181 g/mol. The van der Waals surface area contributed by atoms with Crippen molar-refractivity contribution in [3.05, 3.63) is 0 Å². The van der Waals surface area contributed by atoms with Crippen LogP contribution in [0.25, 0.3) is 0 Å². The fraction of sp³-hybridized carbons (Fsp3) is 0.900. The molecule has 1 rings (SSSR count). The zero-order valence-corrected chi connectivity index (χ0v) is 8.53. The molecule has 0 aromatic rings. The van der Waals surface area contributed by atoms with E-state index in [0.717, 1.165) is 19.5 Å². The van der Waals surface area contributed by atoms with Gasteiger partial charge in [0.2, 0.25) is 0 Å². The maximum atomic E-state index is 8.71. The molecule has 0 bridgehead atoms. The quantitative estimate of drug-likeness (QED) is 0.690. The summed E-state index contributed by atoms with van der Waals surface area (Å²) in [6, 6.07) is 2.99. The number of hydrogen-bond donors (Lipinski definition) is 1. The molecule has 2 N–H and O–H groups in total. The summed E-state index contributed by atoms with van der Waals surface area (Å²) in [5.74, 6) is 0.118. The molecule has 0 aromatic heterocycles. The number of nitrogens with two attached hydrogens (primary N) is 1. The first kappa shape index (κ1) is 10.5. The van der Waals surface area contributed by atoms with E-state index < -0.39 is 0 Å². The van der Waals surface area contributed by atoms with E-state index in [1.165, 1.54) is 6.42 Å². The minimum atomic E-state index is 0.118. The molecule has 0 radical (unpaired) electrons. The Labute approximate surface area is 80.5 Å². The maximum Gasteiger partial charge on any atom is 0.0666 e. The second-order valence-corrected chi connectivity index (χ2v) is 4.07. The molecule has 3 nitrogen and oxygen atoms in total. The van der Waals surface area contributed by atoms with Gasteiger partial charge in [-0.25, -0.2) is 0 Å². The Bertz CT molecular complexity index is 197. The number of nitriles is 1. The minimum Gasteiger partial charge on any atom is -0.326 e. The van der Waals surface area contributed by atoms with Gasteiger partial charge in [-0.15, -0.1) is 0 Å². The van der Waals surface area contributed by atoms with Crippen LogP contribution in [-0.2, 0) is 0 Å². The Morgan fingerprint density at radius 3 is 3.00 bits per heavy atom. The number of rotatable bonds is 2. The molecule has 1 aliphatic rings. The zero-order valence-electron chi connectivity index (χ0n) is 8.53. The van der Waals surface area contributed by atoms with Crippen molar-refractivity contribution in [2.75, 3.05) is 13.1 Å². The average molecular weight is 181 g/mol. The summed E-state index contributed by atoms with van der Waals surface area (Å²) in [7, 11) is 0. The van der Waals surface area contributed by atoms with Gasteiger partial charge >= 0.3 is 0 Å². The fourth-order valence-corrected chi connectivity index (χ4v) is 1.90. The molecule has 0 saturated carbocycles. The first-order valence-electron chi connectivity index (χ1n) is 5.04. The number of likely N-dealkylation sites (tertiary alicyclic amines) is 1. The van der Waals surface area contributed by atoms with Crippen molar-refractivity contribution in [1.82, 2.24) is 4.90 Å². The normalized spacial score (nSPS) is 32.5. The second kappa shape index (κ2) is 4.59. The fourth-order valence-electron chi connectivity index (χ4n) is 1.90. The second-order valence-electron chi connectivity index (χ2n) is 4.07. The van der Waals surface area contributed by atoms with Gasteiger partial charge < -0.3 is 5.73 Å². The summed E-state index contributed by atoms with van der Waals surface area (Å²) in [5, 5.41) is 8.71. The van der Waals surface area contributed by atoms with E-state index in [1.807, 2.05) is 6.92 Å². The van der Waals surface area contributed by atoms with Crippen molar-refractivity contribution in [2.24, 2.45) is 11.7 Å². The van der Waals surface area contributed by atoms with E-state index in [1.54, 1.807) is 0 Å². The summed E-state index contributed by atoms with van der Waals surface area (Å²) in [5.41, 5.74) is 5.96. The molecule has 3 atom stereocenters. The van der Waals surface area contributed by atoms with E-state index in [0.29, 0.717) is 12.1 Å². The molecule has 0 aromatic carbocycles. The molecule has 1 aliphatic heterocycles. The first-order chi connectivity index (χ1) is 6.15. The Hall–Kier alpha value is -0.590. The SMILES string of the molecule is CC(C#N)CN1CCC[C@@H](N)[C@H]1C. The largest absolute Gasteiger partial charge is 0.326 e. The van der Waals surface area contributed by atoms with Gasteiger partial charge in [0.25, 0.3) is 0 Å². The molecule has 0 amide bonds. The molecular weight excluding hydrogens is 162 g/mol. The smallest absolute Gasteiger partial charge is 0.0666 e. The third-order valence-electron chi connectivity index (χ3n) is 2.91. The summed E-state index contributed by atoms with van der Waals surface area (Å²) in [4.78, 5) is 2.34. The summed E-state index contributed by atoms with van der Waals surface area (Å²) < 4.78 is 0. The van der Waals surface area contributed by atoms with Crippen LogP contribution in [0.5, 0.6) is 0 Å². The van der Waals surface area contributed by atoms with E-state index in [9.17, 15) is 0 Å². The van der Waals surface area contributed by atoms with Crippen LogP contribution in [0.15, 0.2) is 0 Å². The van der Waals surface area contributed by atoms with Gasteiger partial charge in [0.1, 0.15) is 0 Å². The van der Waals surface area contributed by atoms with E-state index in [4.69, 9.17) is 11.0 Å². The standard InChI is InChI=1S/C10H19N3/c1-8(6-11)7-13-5-3-4-10(12)9(13)2/h8-10H,3-5,7,12H2,1-2H3/t8?,9-,10-/m1/s1. The highest BCUT2D eigenvalue weighted by Gasteiger charge is 2.25. The third kappa shape index (κ3) is 2.68. The van der Waals surface area contributed by atoms with Gasteiger partial charge in [-0.05, 0) is 33.2 Å². The lowest BCUT2D eigenvalue weighted by Crippen LogP contribution is -2.51. The summed E-state index contributed by atoms with van der Waals surface area (Å²) in [6.07, 6.45) is 2.29. The lowest BCUT2D eigenvalue weighted by atomic mass is 9.97. The van der Waals surface area contributed by atoms with E-state index >= 15 is 0 Å². The number of nitrogens with zero attached hydrogens (tertiary/aromatic N) is 2. The number of hydrogen-bond acceptors (Lipinski definition) is 3. The van der Waals surface area contributed by atoms with Crippen LogP contribution < -0.4 is 5.73 Å². The highest BCUT2D eigenvalue weighted by molar-refractivity contribution is 4.88. The molecule has 74 valence electrons. The molecule has 13 heavy (non-hydrogen) atoms. The van der Waals surface area contributed by atoms with Crippen molar-refractivity contribution >= 4 is 0 Å². The molecule has 1 heterocycles. The van der Waals surface area contributed by atoms with E-state index in [2.05, 4.69) is 17.9 Å². The predicted octanol–water partition coefficient (Wildman–Crippen LogP) is 0.958. The van der Waals surface area contributed by atoms with Gasteiger partial charge in [0.05, 0.1) is 12.0 Å². The Kier molecular flexibility index (Phi) is 3.71. The van der Waals surface area contributed by atoms with Gasteiger partial charge in [0.15, 0.2) is 0 Å². The van der Waals surface area contributed by atoms with Gasteiger partial charge in [-0.1, -0.05) is 0 Å². The predicted molar refractivity (Wildman–Crippen MR) is 53.0 cm³/mol. The third-order valence-corrected chi connectivity index (χ3v) is 2.91. The van der Waals surface area contributed by atoms with Crippen molar-refractivity contribution < 1.29 is 0 Å². The summed E-state index contributed by atoms with van der Waals surface area (Å²) >= 11 is 0. The average Bonchev–Trinajstić information content (AvgIpc) is 2.13. The van der Waals surface area contributed by atoms with Gasteiger partial charge in [0, 0.05) is 18.6 Å². The Morgan fingerprint density at radius 1 is 1.69 bits per heavy atom. The van der Waals surface area contributed by atoms with Crippen molar-refractivity contribution in [2.45, 2.75) is 38.8 Å². The number of piperidine rings is 1. The van der Waals surface area contributed by atoms with Crippen LogP contribution in [0.4, 0.5) is 0 Å². The van der Waals surface area contributed by atoms with Crippen LogP contribution >= 0.6 is 0 Å². The topological polar surface area (TPSA) is 53.0 Å². The Morgan fingerprint density at radius 2 is 2.38 bits per heavy atom. The lowest BCUT2D eigenvalue weighted by Gasteiger charge is -2.38. The van der Waals surface area contributed by atoms with Crippen LogP contribution in [0.1, 0.15) is 26.7 Å². The van der Waals surface area contributed by atoms with Crippen molar-refractivity contribution in [3.63, 3.8) is 0 Å². The van der Waals surface area contributed by atoms with Crippen molar-refractivity contribution in [3.8, 4) is 6.07 Å². The van der Waals surface area contributed by atoms with Crippen LogP contribution in [0.2, 0.25) is 0 Å². The minimum absolute atomic E-state index is 0.118. The molecule has 0 spiro atoms. The summed E-state index contributed by atoms with van der Waals surface area (Å²) in [6.45, 7) is 6.09. The maximum absolute atomic E-state index is 8.71. The first-order valence-corrected chi connectivity index (χ1v) is 5.04. The van der Waals surface area contributed by atoms with Gasteiger partial charge in [-0.3, -0.25) is 4.90 Å². The molecule has 1 saturated heterocycles. The van der Waals surface area contributed by atoms with Crippen LogP contribution in [-0.4, -0.2) is 30.1 Å². The zero-order chi connectivity index (χ0) is 9.84. The highest BCUT2D eigenvalue weighted by Crippen LogP contribution is 2.16. The van der Waals surface area contributed by atoms with Crippen LogP contribution in [0, 0.1) is 17.2 Å². The van der Waals surface area contributed by atoms with Crippen LogP contribution in [0.3, 0.4) is 0 Å². The Balaban J connectivity index is 2.45. The van der Waals surface area contributed by atoms with Gasteiger partial charge in [-0.2, -0.15) is 5.26 Å². The molecule has 3 heteroatoms. The highest BCUT2D eigenvalue weighted by atomic mass is 15.2. The molecule has 1 unspecified atom stereocenters. The lowest BCUT2D eigenvalue weighted by molar-refractivity contribution is 0.131.